The molecule has 0 amide bonds. The molecular weight excluding hydrogens is 246 g/mol. The Labute approximate surface area is 122 Å². The molecule has 0 N–H and O–H groups in total. The molecule has 0 radical (unpaired) electrons. The van der Waals surface area contributed by atoms with E-state index in [0.717, 1.165) is 12.0 Å². The summed E-state index contributed by atoms with van der Waals surface area (Å²) in [5.74, 6) is 2.57. The van der Waals surface area contributed by atoms with Gasteiger partial charge in [0, 0.05) is 36.8 Å². The first-order valence-electron chi connectivity index (χ1n) is 8.11. The first-order valence-corrected chi connectivity index (χ1v) is 8.11. The Morgan fingerprint density at radius 1 is 1.15 bits per heavy atom. The predicted octanol–water partition coefficient (Wildman–Crippen LogP) is 2.98. The van der Waals surface area contributed by atoms with E-state index in [4.69, 9.17) is 4.98 Å². The van der Waals surface area contributed by atoms with Crippen LogP contribution < -0.4 is 4.90 Å². The lowest BCUT2D eigenvalue weighted by molar-refractivity contribution is 0.292. The Kier molecular flexibility index (Phi) is 2.81. The van der Waals surface area contributed by atoms with E-state index in [1.54, 1.807) is 0 Å². The Hall–Kier alpha value is -1.09. The van der Waals surface area contributed by atoms with E-state index >= 15 is 0 Å². The molecule has 3 fully saturated rings. The van der Waals surface area contributed by atoms with Gasteiger partial charge in [0.2, 0.25) is 0 Å². The third kappa shape index (κ3) is 1.95. The number of likely N-dealkylation sites (tertiary alicyclic amines) is 1. The van der Waals surface area contributed by atoms with Crippen LogP contribution in [0.15, 0.2) is 12.1 Å². The molecule has 0 aromatic carbocycles. The van der Waals surface area contributed by atoms with Gasteiger partial charge in [-0.05, 0) is 43.9 Å². The maximum absolute atomic E-state index is 5.09. The van der Waals surface area contributed by atoms with Crippen molar-refractivity contribution >= 4 is 5.82 Å². The minimum absolute atomic E-state index is 0.591. The summed E-state index contributed by atoms with van der Waals surface area (Å²) in [6.45, 7) is 6.95. The lowest BCUT2D eigenvalue weighted by Gasteiger charge is -2.33. The predicted molar refractivity (Wildman–Crippen MR) is 82.5 cm³/mol. The van der Waals surface area contributed by atoms with Gasteiger partial charge in [-0.2, -0.15) is 0 Å². The van der Waals surface area contributed by atoms with Crippen molar-refractivity contribution in [3.8, 4) is 0 Å². The number of likely N-dealkylation sites (N-methyl/N-ethyl adjacent to an activating group) is 1. The van der Waals surface area contributed by atoms with Crippen LogP contribution in [0.25, 0.3) is 0 Å². The summed E-state index contributed by atoms with van der Waals surface area (Å²) >= 11 is 0. The van der Waals surface area contributed by atoms with Crippen LogP contribution in [0, 0.1) is 0 Å². The Morgan fingerprint density at radius 3 is 2.50 bits per heavy atom. The van der Waals surface area contributed by atoms with E-state index in [9.17, 15) is 0 Å². The van der Waals surface area contributed by atoms with E-state index in [1.165, 1.54) is 49.4 Å². The van der Waals surface area contributed by atoms with Crippen LogP contribution in [-0.4, -0.2) is 42.1 Å². The molecule has 1 aliphatic carbocycles. The first kappa shape index (κ1) is 12.6. The lowest BCUT2D eigenvalue weighted by atomic mass is 9.99. The SMILES string of the molecule is CC(C)c1ccc(N2C[C@@H]3C[C@H]2CN3C)nc1C1CC1. The fraction of sp³-hybridized carbons (Fsp3) is 0.706. The van der Waals surface area contributed by atoms with Crippen LogP contribution >= 0.6 is 0 Å². The summed E-state index contributed by atoms with van der Waals surface area (Å²) < 4.78 is 0. The van der Waals surface area contributed by atoms with Gasteiger partial charge in [0.25, 0.3) is 0 Å². The second-order valence-corrected chi connectivity index (χ2v) is 7.21. The normalized spacial score (nSPS) is 29.7. The Morgan fingerprint density at radius 2 is 1.95 bits per heavy atom. The minimum Gasteiger partial charge on any atom is -0.351 e. The molecular formula is C17H25N3. The number of fused-ring (bicyclic) bond motifs is 2. The number of rotatable bonds is 3. The van der Waals surface area contributed by atoms with Crippen molar-refractivity contribution < 1.29 is 0 Å². The summed E-state index contributed by atoms with van der Waals surface area (Å²) in [6, 6.07) is 6.04. The molecule has 3 aliphatic rings. The fourth-order valence-corrected chi connectivity index (χ4v) is 3.95. The molecule has 1 aromatic heterocycles. The zero-order valence-electron chi connectivity index (χ0n) is 12.8. The molecule has 0 unspecified atom stereocenters. The largest absolute Gasteiger partial charge is 0.351 e. The van der Waals surface area contributed by atoms with Crippen molar-refractivity contribution in [1.82, 2.24) is 9.88 Å². The molecule has 2 aliphatic heterocycles. The van der Waals surface area contributed by atoms with Crippen LogP contribution in [0.3, 0.4) is 0 Å². The van der Waals surface area contributed by atoms with Crippen LogP contribution in [0.1, 0.15) is 56.2 Å². The summed E-state index contributed by atoms with van der Waals surface area (Å²) in [5, 5.41) is 0. The lowest BCUT2D eigenvalue weighted by Crippen LogP contribution is -2.45. The molecule has 3 heteroatoms. The van der Waals surface area contributed by atoms with Crippen molar-refractivity contribution in [2.75, 3.05) is 25.0 Å². The number of hydrogen-bond donors (Lipinski definition) is 0. The molecule has 2 bridgehead atoms. The monoisotopic (exact) mass is 271 g/mol. The molecule has 0 spiro atoms. The number of hydrogen-bond acceptors (Lipinski definition) is 3. The number of pyridine rings is 1. The van der Waals surface area contributed by atoms with Gasteiger partial charge in [0.15, 0.2) is 0 Å². The van der Waals surface area contributed by atoms with Crippen LogP contribution in [-0.2, 0) is 0 Å². The second-order valence-electron chi connectivity index (χ2n) is 7.21. The Balaban J connectivity index is 1.65. The first-order chi connectivity index (χ1) is 9.63. The minimum atomic E-state index is 0.591. The topological polar surface area (TPSA) is 19.4 Å². The van der Waals surface area contributed by atoms with Gasteiger partial charge >= 0.3 is 0 Å². The van der Waals surface area contributed by atoms with E-state index in [0.29, 0.717) is 12.0 Å². The third-order valence-electron chi connectivity index (χ3n) is 5.34. The highest BCUT2D eigenvalue weighted by Crippen LogP contribution is 2.43. The van der Waals surface area contributed by atoms with Gasteiger partial charge in [-0.1, -0.05) is 19.9 Å². The standard InChI is InChI=1S/C17H25N3/c1-11(2)15-6-7-16(18-17(15)12-4-5-12)20-10-13-8-14(20)9-19(13)3/h6-7,11-14H,4-5,8-10H2,1-3H3/t13-,14-/m0/s1. The molecule has 20 heavy (non-hydrogen) atoms. The van der Waals surface area contributed by atoms with Crippen LogP contribution in [0.4, 0.5) is 5.82 Å². The molecule has 2 saturated heterocycles. The second kappa shape index (κ2) is 4.45. The maximum Gasteiger partial charge on any atom is 0.129 e. The van der Waals surface area contributed by atoms with Gasteiger partial charge in [-0.25, -0.2) is 4.98 Å². The quantitative estimate of drug-likeness (QED) is 0.842. The smallest absolute Gasteiger partial charge is 0.129 e. The number of aromatic nitrogens is 1. The van der Waals surface area contributed by atoms with Crippen molar-refractivity contribution in [2.24, 2.45) is 0 Å². The number of anilines is 1. The van der Waals surface area contributed by atoms with Gasteiger partial charge in [0.05, 0.1) is 0 Å². The molecule has 1 aromatic rings. The van der Waals surface area contributed by atoms with E-state index < -0.39 is 0 Å². The highest BCUT2D eigenvalue weighted by Gasteiger charge is 2.42. The highest BCUT2D eigenvalue weighted by molar-refractivity contribution is 5.47. The van der Waals surface area contributed by atoms with Crippen molar-refractivity contribution in [1.29, 1.82) is 0 Å². The van der Waals surface area contributed by atoms with Crippen molar-refractivity contribution in [2.45, 2.75) is 57.0 Å². The number of piperazine rings is 1. The summed E-state index contributed by atoms with van der Waals surface area (Å²) in [5.41, 5.74) is 2.87. The zero-order chi connectivity index (χ0) is 13.9. The highest BCUT2D eigenvalue weighted by atomic mass is 15.4. The van der Waals surface area contributed by atoms with Crippen molar-refractivity contribution in [3.05, 3.63) is 23.4 Å². The van der Waals surface area contributed by atoms with E-state index in [2.05, 4.69) is 42.8 Å². The van der Waals surface area contributed by atoms with Crippen LogP contribution in [0.2, 0.25) is 0 Å². The molecule has 1 saturated carbocycles. The fourth-order valence-electron chi connectivity index (χ4n) is 3.95. The summed E-state index contributed by atoms with van der Waals surface area (Å²) in [7, 11) is 2.26. The average molecular weight is 271 g/mol. The zero-order valence-corrected chi connectivity index (χ0v) is 12.8. The van der Waals surface area contributed by atoms with Crippen molar-refractivity contribution in [3.63, 3.8) is 0 Å². The van der Waals surface area contributed by atoms with E-state index in [1.807, 2.05) is 0 Å². The molecule has 3 heterocycles. The number of nitrogens with zero attached hydrogens (tertiary/aromatic N) is 3. The van der Waals surface area contributed by atoms with Gasteiger partial charge in [-0.15, -0.1) is 0 Å². The van der Waals surface area contributed by atoms with Crippen LogP contribution in [0.5, 0.6) is 0 Å². The average Bonchev–Trinajstić information content (AvgIpc) is 3.11. The molecule has 2 atom stereocenters. The van der Waals surface area contributed by atoms with E-state index in [-0.39, 0.29) is 0 Å². The molecule has 108 valence electrons. The van der Waals surface area contributed by atoms with Gasteiger partial charge < -0.3 is 4.90 Å². The molecule has 3 nitrogen and oxygen atoms in total. The summed E-state index contributed by atoms with van der Waals surface area (Å²) in [4.78, 5) is 10.2. The molecule has 4 rings (SSSR count). The maximum atomic E-state index is 5.09. The third-order valence-corrected chi connectivity index (χ3v) is 5.34. The summed E-state index contributed by atoms with van der Waals surface area (Å²) in [6.07, 6.45) is 4.00. The van der Waals surface area contributed by atoms with Gasteiger partial charge in [-0.3, -0.25) is 4.90 Å². The Bertz CT molecular complexity index is 519. The van der Waals surface area contributed by atoms with Gasteiger partial charge in [0.1, 0.15) is 5.82 Å².